The van der Waals surface area contributed by atoms with E-state index in [0.29, 0.717) is 49.2 Å². The standard InChI is InChI=1S/C20H17Cl4N3O2/c1-2-3-8-29-18(28)11-27-20(13-5-7-15(22)17(24)10-13)19(25-26-27)12-4-6-14(21)16(23)9-12/h4-7,9-10H,2-3,8,11H2,1H3. The first-order valence-electron chi connectivity index (χ1n) is 8.90. The molecule has 152 valence electrons. The predicted molar refractivity (Wildman–Crippen MR) is 117 cm³/mol. The van der Waals surface area contributed by atoms with Gasteiger partial charge in [0.2, 0.25) is 0 Å². The maximum Gasteiger partial charge on any atom is 0.327 e. The van der Waals surface area contributed by atoms with Crippen LogP contribution in [0.25, 0.3) is 22.5 Å². The quantitative estimate of drug-likeness (QED) is 0.288. The van der Waals surface area contributed by atoms with Crippen molar-refractivity contribution in [1.29, 1.82) is 0 Å². The lowest BCUT2D eigenvalue weighted by Crippen LogP contribution is -2.16. The Labute approximate surface area is 188 Å². The van der Waals surface area contributed by atoms with Gasteiger partial charge in [-0.3, -0.25) is 4.79 Å². The van der Waals surface area contributed by atoms with Gasteiger partial charge in [-0.1, -0.05) is 77.1 Å². The third-order valence-electron chi connectivity index (χ3n) is 4.16. The van der Waals surface area contributed by atoms with E-state index < -0.39 is 5.97 Å². The summed E-state index contributed by atoms with van der Waals surface area (Å²) in [7, 11) is 0. The van der Waals surface area contributed by atoms with Crippen molar-refractivity contribution in [3.63, 3.8) is 0 Å². The van der Waals surface area contributed by atoms with Crippen molar-refractivity contribution < 1.29 is 9.53 Å². The number of aromatic nitrogens is 3. The summed E-state index contributed by atoms with van der Waals surface area (Å²) in [6.45, 7) is 2.30. The molecule has 0 bridgehead atoms. The lowest BCUT2D eigenvalue weighted by atomic mass is 10.0. The third-order valence-corrected chi connectivity index (χ3v) is 5.64. The average molecular weight is 473 g/mol. The molecule has 0 aliphatic carbocycles. The van der Waals surface area contributed by atoms with Crippen molar-refractivity contribution in [3.8, 4) is 22.5 Å². The highest BCUT2D eigenvalue weighted by atomic mass is 35.5. The van der Waals surface area contributed by atoms with Crippen LogP contribution in [0.5, 0.6) is 0 Å². The summed E-state index contributed by atoms with van der Waals surface area (Å²) in [6, 6.07) is 10.3. The second kappa shape index (κ2) is 9.81. The highest BCUT2D eigenvalue weighted by molar-refractivity contribution is 6.42. The van der Waals surface area contributed by atoms with E-state index in [1.165, 1.54) is 4.68 Å². The van der Waals surface area contributed by atoms with E-state index in [1.54, 1.807) is 36.4 Å². The summed E-state index contributed by atoms with van der Waals surface area (Å²) in [5.41, 5.74) is 2.52. The van der Waals surface area contributed by atoms with Crippen LogP contribution in [0.4, 0.5) is 0 Å². The lowest BCUT2D eigenvalue weighted by molar-refractivity contribution is -0.144. The first kappa shape index (κ1) is 21.9. The molecule has 2 aromatic carbocycles. The molecule has 1 heterocycles. The van der Waals surface area contributed by atoms with Crippen LogP contribution in [0.1, 0.15) is 19.8 Å². The molecule has 29 heavy (non-hydrogen) atoms. The maximum absolute atomic E-state index is 12.2. The summed E-state index contributed by atoms with van der Waals surface area (Å²) in [5, 5.41) is 10.0. The smallest absolute Gasteiger partial charge is 0.327 e. The zero-order chi connectivity index (χ0) is 21.0. The number of ether oxygens (including phenoxy) is 1. The van der Waals surface area contributed by atoms with E-state index in [4.69, 9.17) is 51.1 Å². The zero-order valence-corrected chi connectivity index (χ0v) is 18.5. The van der Waals surface area contributed by atoms with Gasteiger partial charge < -0.3 is 4.74 Å². The van der Waals surface area contributed by atoms with Crippen LogP contribution in [0.15, 0.2) is 36.4 Å². The number of unbranched alkanes of at least 4 members (excludes halogenated alkanes) is 1. The SMILES string of the molecule is CCCCOC(=O)Cn1nnc(-c2ccc(Cl)c(Cl)c2)c1-c1ccc(Cl)c(Cl)c1. The molecule has 0 N–H and O–H groups in total. The van der Waals surface area contributed by atoms with Gasteiger partial charge in [-0.25, -0.2) is 4.68 Å². The Hall–Kier alpha value is -1.79. The fourth-order valence-corrected chi connectivity index (χ4v) is 3.29. The first-order chi connectivity index (χ1) is 13.9. The molecule has 0 radical (unpaired) electrons. The Morgan fingerprint density at radius 2 is 1.59 bits per heavy atom. The molecule has 0 saturated heterocycles. The number of carbonyl (C=O) groups excluding carboxylic acids is 1. The molecule has 0 amide bonds. The van der Waals surface area contributed by atoms with Gasteiger partial charge in [-0.05, 0) is 30.7 Å². The van der Waals surface area contributed by atoms with E-state index >= 15 is 0 Å². The largest absolute Gasteiger partial charge is 0.464 e. The number of hydrogen-bond donors (Lipinski definition) is 0. The summed E-state index contributed by atoms with van der Waals surface area (Å²) in [5.74, 6) is -0.398. The fourth-order valence-electron chi connectivity index (χ4n) is 2.69. The normalized spacial score (nSPS) is 10.9. The Morgan fingerprint density at radius 3 is 2.21 bits per heavy atom. The number of esters is 1. The molecule has 0 saturated carbocycles. The Morgan fingerprint density at radius 1 is 0.966 bits per heavy atom. The molecule has 3 aromatic rings. The maximum atomic E-state index is 12.2. The number of benzene rings is 2. The molecule has 0 atom stereocenters. The summed E-state index contributed by atoms with van der Waals surface area (Å²) >= 11 is 24.5. The van der Waals surface area contributed by atoms with E-state index in [0.717, 1.165) is 12.8 Å². The van der Waals surface area contributed by atoms with Crippen LogP contribution in [-0.2, 0) is 16.1 Å². The van der Waals surface area contributed by atoms with Gasteiger partial charge in [-0.2, -0.15) is 0 Å². The minimum atomic E-state index is -0.398. The van der Waals surface area contributed by atoms with E-state index in [2.05, 4.69) is 10.3 Å². The minimum absolute atomic E-state index is 0.0897. The number of nitrogens with zero attached hydrogens (tertiary/aromatic N) is 3. The van der Waals surface area contributed by atoms with Gasteiger partial charge in [-0.15, -0.1) is 5.10 Å². The summed E-state index contributed by atoms with van der Waals surface area (Å²) in [4.78, 5) is 12.2. The van der Waals surface area contributed by atoms with E-state index in [9.17, 15) is 4.79 Å². The van der Waals surface area contributed by atoms with Crippen LogP contribution in [0.3, 0.4) is 0 Å². The Bertz CT molecular complexity index is 1040. The summed E-state index contributed by atoms with van der Waals surface area (Å²) < 4.78 is 6.73. The third kappa shape index (κ3) is 5.23. The van der Waals surface area contributed by atoms with E-state index in [1.807, 2.05) is 6.92 Å². The van der Waals surface area contributed by atoms with Crippen LogP contribution in [0, 0.1) is 0 Å². The molecular weight excluding hydrogens is 456 g/mol. The molecule has 0 fully saturated rings. The molecule has 3 rings (SSSR count). The number of halogens is 4. The topological polar surface area (TPSA) is 57.0 Å². The molecule has 0 unspecified atom stereocenters. The van der Waals surface area contributed by atoms with Crippen molar-refractivity contribution in [2.24, 2.45) is 0 Å². The van der Waals surface area contributed by atoms with Gasteiger partial charge >= 0.3 is 5.97 Å². The van der Waals surface area contributed by atoms with Crippen molar-refractivity contribution in [2.75, 3.05) is 6.61 Å². The van der Waals surface area contributed by atoms with Gasteiger partial charge in [0.25, 0.3) is 0 Å². The number of rotatable bonds is 7. The minimum Gasteiger partial charge on any atom is -0.464 e. The molecule has 0 aliphatic heterocycles. The Balaban J connectivity index is 2.04. The van der Waals surface area contributed by atoms with Gasteiger partial charge in [0.1, 0.15) is 12.2 Å². The first-order valence-corrected chi connectivity index (χ1v) is 10.4. The second-order valence-electron chi connectivity index (χ2n) is 6.28. The van der Waals surface area contributed by atoms with E-state index in [-0.39, 0.29) is 6.54 Å². The fraction of sp³-hybridized carbons (Fsp3) is 0.250. The molecule has 1 aromatic heterocycles. The highest BCUT2D eigenvalue weighted by Gasteiger charge is 2.20. The lowest BCUT2D eigenvalue weighted by Gasteiger charge is -2.10. The van der Waals surface area contributed by atoms with Crippen LogP contribution >= 0.6 is 46.4 Å². The average Bonchev–Trinajstić information content (AvgIpc) is 3.10. The van der Waals surface area contributed by atoms with Crippen LogP contribution < -0.4 is 0 Å². The molecule has 0 spiro atoms. The monoisotopic (exact) mass is 471 g/mol. The summed E-state index contributed by atoms with van der Waals surface area (Å²) in [6.07, 6.45) is 1.74. The molecule has 9 heteroatoms. The van der Waals surface area contributed by atoms with Gasteiger partial charge in [0, 0.05) is 11.1 Å². The molecule has 5 nitrogen and oxygen atoms in total. The highest BCUT2D eigenvalue weighted by Crippen LogP contribution is 2.36. The number of carbonyl (C=O) groups is 1. The molecular formula is C20H17Cl4N3O2. The molecule has 0 aliphatic rings. The Kier molecular flexibility index (Phi) is 7.41. The zero-order valence-electron chi connectivity index (χ0n) is 15.5. The number of hydrogen-bond acceptors (Lipinski definition) is 4. The van der Waals surface area contributed by atoms with Crippen LogP contribution in [0.2, 0.25) is 20.1 Å². The second-order valence-corrected chi connectivity index (χ2v) is 7.90. The van der Waals surface area contributed by atoms with Crippen molar-refractivity contribution in [3.05, 3.63) is 56.5 Å². The predicted octanol–water partition coefficient (Wildman–Crippen LogP) is 6.57. The van der Waals surface area contributed by atoms with Crippen molar-refractivity contribution >= 4 is 52.4 Å². The van der Waals surface area contributed by atoms with Crippen molar-refractivity contribution in [1.82, 2.24) is 15.0 Å². The van der Waals surface area contributed by atoms with Crippen molar-refractivity contribution in [2.45, 2.75) is 26.3 Å². The van der Waals surface area contributed by atoms with Gasteiger partial charge in [0.15, 0.2) is 0 Å². The van der Waals surface area contributed by atoms with Crippen LogP contribution in [-0.4, -0.2) is 27.6 Å². The van der Waals surface area contributed by atoms with Gasteiger partial charge in [0.05, 0.1) is 32.4 Å².